The molecule has 0 aromatic heterocycles. The van der Waals surface area contributed by atoms with Gasteiger partial charge >= 0.3 is 0 Å². The average molecular weight is 326 g/mol. The number of rotatable bonds is 6. The van der Waals surface area contributed by atoms with E-state index in [4.69, 9.17) is 4.74 Å². The standard InChI is InChI=1S/C15H22N2O4S/c1-15(2,3)13(21-4)9-16-14(18)11-8-10(22-5)6-7-12(11)17(19)20/h6-8,13H,9H2,1-5H3,(H,16,18)/t13-/m1/s1. The van der Waals surface area contributed by atoms with Crippen molar-refractivity contribution in [2.45, 2.75) is 31.8 Å². The second-order valence-corrected chi connectivity index (χ2v) is 6.82. The van der Waals surface area contributed by atoms with E-state index in [1.165, 1.54) is 23.9 Å². The Morgan fingerprint density at radius 3 is 2.55 bits per heavy atom. The lowest BCUT2D eigenvalue weighted by Gasteiger charge is -2.29. The van der Waals surface area contributed by atoms with Crippen molar-refractivity contribution in [2.24, 2.45) is 5.41 Å². The molecule has 122 valence electrons. The molecular formula is C15H22N2O4S. The molecule has 22 heavy (non-hydrogen) atoms. The number of hydrogen-bond acceptors (Lipinski definition) is 5. The van der Waals surface area contributed by atoms with Crippen LogP contribution < -0.4 is 5.32 Å². The van der Waals surface area contributed by atoms with E-state index in [0.29, 0.717) is 6.54 Å². The van der Waals surface area contributed by atoms with Gasteiger partial charge in [0.2, 0.25) is 0 Å². The van der Waals surface area contributed by atoms with Crippen molar-refractivity contribution in [3.8, 4) is 0 Å². The first-order chi connectivity index (χ1) is 10.2. The van der Waals surface area contributed by atoms with Crippen LogP contribution in [0.1, 0.15) is 31.1 Å². The van der Waals surface area contributed by atoms with Crippen molar-refractivity contribution < 1.29 is 14.5 Å². The number of carbonyl (C=O) groups is 1. The summed E-state index contributed by atoms with van der Waals surface area (Å²) in [6.07, 6.45) is 1.67. The second kappa shape index (κ2) is 7.60. The molecule has 0 aliphatic rings. The average Bonchev–Trinajstić information content (AvgIpc) is 2.45. The van der Waals surface area contributed by atoms with Gasteiger partial charge in [0.1, 0.15) is 5.56 Å². The van der Waals surface area contributed by atoms with Crippen LogP contribution >= 0.6 is 11.8 Å². The third-order valence-corrected chi connectivity index (χ3v) is 4.07. The number of ether oxygens (including phenoxy) is 1. The van der Waals surface area contributed by atoms with E-state index in [-0.39, 0.29) is 22.8 Å². The van der Waals surface area contributed by atoms with Gasteiger partial charge in [-0.1, -0.05) is 20.8 Å². The van der Waals surface area contributed by atoms with Crippen LogP contribution in [0.3, 0.4) is 0 Å². The molecule has 0 radical (unpaired) electrons. The zero-order valence-corrected chi connectivity index (χ0v) is 14.3. The van der Waals surface area contributed by atoms with Crippen LogP contribution in [-0.2, 0) is 4.74 Å². The number of nitrogens with one attached hydrogen (secondary N) is 1. The second-order valence-electron chi connectivity index (χ2n) is 5.94. The smallest absolute Gasteiger partial charge is 0.282 e. The van der Waals surface area contributed by atoms with Crippen molar-refractivity contribution in [2.75, 3.05) is 19.9 Å². The molecule has 0 aliphatic carbocycles. The summed E-state index contributed by atoms with van der Waals surface area (Å²) in [5.74, 6) is -0.464. The minimum Gasteiger partial charge on any atom is -0.379 e. The summed E-state index contributed by atoms with van der Waals surface area (Å²) in [5.41, 5.74) is -0.268. The molecule has 0 aliphatic heterocycles. The fourth-order valence-electron chi connectivity index (χ4n) is 2.01. The molecule has 0 spiro atoms. The summed E-state index contributed by atoms with van der Waals surface area (Å²) in [5, 5.41) is 13.8. The molecule has 0 unspecified atom stereocenters. The Labute approximate surface area is 134 Å². The van der Waals surface area contributed by atoms with Crippen molar-refractivity contribution in [1.29, 1.82) is 0 Å². The summed E-state index contributed by atoms with van der Waals surface area (Å²) in [7, 11) is 1.58. The first-order valence-corrected chi connectivity index (χ1v) is 8.06. The number of amides is 1. The van der Waals surface area contributed by atoms with Crippen molar-refractivity contribution in [3.63, 3.8) is 0 Å². The minimum atomic E-state index is -0.545. The summed E-state index contributed by atoms with van der Waals surface area (Å²) < 4.78 is 5.37. The summed E-state index contributed by atoms with van der Waals surface area (Å²) in [6.45, 7) is 6.30. The van der Waals surface area contributed by atoms with Crippen LogP contribution in [0.15, 0.2) is 23.1 Å². The van der Waals surface area contributed by atoms with Gasteiger partial charge in [0.05, 0.1) is 11.0 Å². The minimum absolute atomic E-state index is 0.0700. The van der Waals surface area contributed by atoms with Gasteiger partial charge in [-0.2, -0.15) is 0 Å². The molecule has 7 heteroatoms. The van der Waals surface area contributed by atoms with E-state index in [1.54, 1.807) is 13.2 Å². The van der Waals surface area contributed by atoms with Gasteiger partial charge in [-0.15, -0.1) is 11.8 Å². The maximum Gasteiger partial charge on any atom is 0.282 e. The summed E-state index contributed by atoms with van der Waals surface area (Å²) in [6, 6.07) is 4.53. The third-order valence-electron chi connectivity index (χ3n) is 3.34. The predicted molar refractivity (Wildman–Crippen MR) is 87.5 cm³/mol. The zero-order valence-electron chi connectivity index (χ0n) is 13.5. The van der Waals surface area contributed by atoms with E-state index in [0.717, 1.165) is 4.90 Å². The maximum absolute atomic E-state index is 12.3. The van der Waals surface area contributed by atoms with Crippen molar-refractivity contribution in [1.82, 2.24) is 5.32 Å². The van der Waals surface area contributed by atoms with E-state index in [2.05, 4.69) is 5.32 Å². The number of methoxy groups -OCH3 is 1. The number of carbonyl (C=O) groups excluding carboxylic acids is 1. The van der Waals surface area contributed by atoms with Gasteiger partial charge in [-0.25, -0.2) is 0 Å². The molecule has 0 saturated heterocycles. The topological polar surface area (TPSA) is 81.5 Å². The van der Waals surface area contributed by atoms with Crippen LogP contribution in [0.4, 0.5) is 5.69 Å². The number of nitro groups is 1. The Bertz CT molecular complexity index is 555. The Kier molecular flexibility index (Phi) is 6.37. The highest BCUT2D eigenvalue weighted by Crippen LogP contribution is 2.25. The lowest BCUT2D eigenvalue weighted by atomic mass is 9.89. The maximum atomic E-state index is 12.3. The highest BCUT2D eigenvalue weighted by molar-refractivity contribution is 7.98. The highest BCUT2D eigenvalue weighted by Gasteiger charge is 2.26. The quantitative estimate of drug-likeness (QED) is 0.493. The molecule has 1 amide bonds. The van der Waals surface area contributed by atoms with E-state index < -0.39 is 10.8 Å². The van der Waals surface area contributed by atoms with E-state index >= 15 is 0 Å². The number of hydrogen-bond donors (Lipinski definition) is 1. The van der Waals surface area contributed by atoms with Gasteiger partial charge in [-0.3, -0.25) is 14.9 Å². The molecule has 0 heterocycles. The molecule has 1 aromatic carbocycles. The van der Waals surface area contributed by atoms with Gasteiger partial charge < -0.3 is 10.1 Å². The number of benzene rings is 1. The fourth-order valence-corrected chi connectivity index (χ4v) is 2.45. The molecule has 0 bridgehead atoms. The zero-order chi connectivity index (χ0) is 16.9. The van der Waals surface area contributed by atoms with E-state index in [9.17, 15) is 14.9 Å². The Morgan fingerprint density at radius 2 is 2.09 bits per heavy atom. The van der Waals surface area contributed by atoms with Gasteiger partial charge in [0.25, 0.3) is 11.6 Å². The lowest BCUT2D eigenvalue weighted by molar-refractivity contribution is -0.385. The van der Waals surface area contributed by atoms with Crippen LogP contribution in [0.25, 0.3) is 0 Å². The molecule has 1 atom stereocenters. The normalized spacial score (nSPS) is 12.8. The molecule has 0 saturated carbocycles. The van der Waals surface area contributed by atoms with Gasteiger partial charge in [0.15, 0.2) is 0 Å². The fraction of sp³-hybridized carbons (Fsp3) is 0.533. The first-order valence-electron chi connectivity index (χ1n) is 6.84. The third kappa shape index (κ3) is 4.71. The van der Waals surface area contributed by atoms with Crippen molar-refractivity contribution in [3.05, 3.63) is 33.9 Å². The van der Waals surface area contributed by atoms with Crippen LogP contribution in [0.5, 0.6) is 0 Å². The number of thioether (sulfide) groups is 1. The molecule has 1 N–H and O–H groups in total. The summed E-state index contributed by atoms with van der Waals surface area (Å²) >= 11 is 1.43. The van der Waals surface area contributed by atoms with Gasteiger partial charge in [-0.05, 0) is 23.8 Å². The number of nitro benzene ring substituents is 1. The largest absolute Gasteiger partial charge is 0.379 e. The van der Waals surface area contributed by atoms with Crippen LogP contribution in [-0.4, -0.2) is 36.8 Å². The van der Waals surface area contributed by atoms with Crippen LogP contribution in [0.2, 0.25) is 0 Å². The molecule has 1 aromatic rings. The Balaban J connectivity index is 2.95. The molecule has 1 rings (SSSR count). The Morgan fingerprint density at radius 1 is 1.45 bits per heavy atom. The summed E-state index contributed by atoms with van der Waals surface area (Å²) in [4.78, 5) is 23.6. The Hall–Kier alpha value is -1.60. The highest BCUT2D eigenvalue weighted by atomic mass is 32.2. The first kappa shape index (κ1) is 18.4. The number of nitrogens with zero attached hydrogens (tertiary/aromatic N) is 1. The molecule has 0 fully saturated rings. The van der Waals surface area contributed by atoms with Crippen LogP contribution in [0, 0.1) is 15.5 Å². The van der Waals surface area contributed by atoms with Gasteiger partial charge in [0, 0.05) is 24.6 Å². The predicted octanol–water partition coefficient (Wildman–Crippen LogP) is 3.11. The van der Waals surface area contributed by atoms with E-state index in [1.807, 2.05) is 27.0 Å². The molecular weight excluding hydrogens is 304 g/mol. The van der Waals surface area contributed by atoms with Crippen molar-refractivity contribution >= 4 is 23.4 Å². The SMILES string of the molecule is CO[C@H](CNC(=O)c1cc(SC)ccc1[N+](=O)[O-])C(C)(C)C. The lowest BCUT2D eigenvalue weighted by Crippen LogP contribution is -2.40. The molecule has 6 nitrogen and oxygen atoms in total. The monoisotopic (exact) mass is 326 g/mol.